The van der Waals surface area contributed by atoms with Gasteiger partial charge in [-0.05, 0) is 71.8 Å². The highest BCUT2D eigenvalue weighted by Crippen LogP contribution is 2.53. The third-order valence-electron chi connectivity index (χ3n) is 9.13. The molecule has 4 heterocycles. The van der Waals surface area contributed by atoms with Crippen molar-refractivity contribution in [1.82, 2.24) is 24.5 Å². The molecule has 2 saturated heterocycles. The number of piperidine rings is 1. The Balaban J connectivity index is 1.24. The van der Waals surface area contributed by atoms with Crippen molar-refractivity contribution in [3.8, 4) is 6.07 Å². The number of sulfonamides is 1. The van der Waals surface area contributed by atoms with Crippen LogP contribution >= 0.6 is 0 Å². The van der Waals surface area contributed by atoms with Gasteiger partial charge in [-0.1, -0.05) is 18.2 Å². The molecule has 7 rings (SSSR count). The van der Waals surface area contributed by atoms with Gasteiger partial charge in [0.15, 0.2) is 5.78 Å². The van der Waals surface area contributed by atoms with Crippen molar-refractivity contribution in [3.63, 3.8) is 0 Å². The summed E-state index contributed by atoms with van der Waals surface area (Å²) >= 11 is 0. The second-order valence-corrected chi connectivity index (χ2v) is 13.9. The quantitative estimate of drug-likeness (QED) is 0.220. The van der Waals surface area contributed by atoms with Crippen molar-refractivity contribution >= 4 is 21.7 Å². The zero-order chi connectivity index (χ0) is 31.9. The molecule has 230 valence electrons. The standard InChI is InChI=1S/C35H30N6O4S/c36-21-26-6-8-27(9-7-26)31(42)18-32-39-35(19-24-10-14-37-15-11-24,20-25-12-16-38-17-13-25)34(43)41(32)33-29-22-40(23-30(29)33)46(44,45)28-4-2-1-3-5-28/h1-18,29-30,33,39H,19-20,22-23H2. The largest absolute Gasteiger partial charge is 0.357 e. The van der Waals surface area contributed by atoms with Gasteiger partial charge < -0.3 is 5.32 Å². The lowest BCUT2D eigenvalue weighted by molar-refractivity contribution is -0.132. The molecule has 2 aliphatic heterocycles. The first-order chi connectivity index (χ1) is 22.3. The van der Waals surface area contributed by atoms with Crippen LogP contribution in [0.1, 0.15) is 27.0 Å². The fourth-order valence-electron chi connectivity index (χ4n) is 6.79. The maximum Gasteiger partial charge on any atom is 0.254 e. The molecular formula is C35H30N6O4S. The minimum Gasteiger partial charge on any atom is -0.357 e. The van der Waals surface area contributed by atoms with E-state index in [-0.39, 0.29) is 47.6 Å². The van der Waals surface area contributed by atoms with Gasteiger partial charge in [0, 0.05) is 80.2 Å². The fourth-order valence-corrected chi connectivity index (χ4v) is 8.33. The minimum absolute atomic E-state index is 0.0738. The number of allylic oxidation sites excluding steroid dienone is 1. The number of pyridine rings is 2. The molecule has 2 unspecified atom stereocenters. The van der Waals surface area contributed by atoms with Crippen LogP contribution in [0.25, 0.3) is 0 Å². The number of rotatable bonds is 9. The first-order valence-electron chi connectivity index (χ1n) is 15.0. The molecule has 4 aromatic rings. The lowest BCUT2D eigenvalue weighted by Gasteiger charge is -2.28. The first kappa shape index (κ1) is 29.5. The van der Waals surface area contributed by atoms with E-state index in [1.54, 1.807) is 84.3 Å². The minimum atomic E-state index is -3.67. The number of carbonyl (C=O) groups is 2. The Kier molecular flexibility index (Phi) is 7.47. The van der Waals surface area contributed by atoms with Gasteiger partial charge in [0.25, 0.3) is 5.91 Å². The molecule has 1 amide bonds. The smallest absolute Gasteiger partial charge is 0.254 e. The Morgan fingerprint density at radius 1 is 0.891 bits per heavy atom. The van der Waals surface area contributed by atoms with Gasteiger partial charge in [-0.3, -0.25) is 24.5 Å². The number of nitrogens with zero attached hydrogens (tertiary/aromatic N) is 5. The summed E-state index contributed by atoms with van der Waals surface area (Å²) in [5.74, 6) is -0.241. The first-order valence-corrected chi connectivity index (χ1v) is 16.4. The van der Waals surface area contributed by atoms with Crippen LogP contribution in [0, 0.1) is 23.2 Å². The number of hydrogen-bond acceptors (Lipinski definition) is 8. The molecule has 2 aromatic carbocycles. The van der Waals surface area contributed by atoms with Crippen LogP contribution in [0.2, 0.25) is 0 Å². The van der Waals surface area contributed by atoms with Gasteiger partial charge in [-0.25, -0.2) is 8.42 Å². The predicted molar refractivity (Wildman–Crippen MR) is 168 cm³/mol. The zero-order valence-electron chi connectivity index (χ0n) is 24.7. The lowest BCUT2D eigenvalue weighted by atomic mass is 9.85. The number of carbonyl (C=O) groups excluding carboxylic acids is 2. The highest BCUT2D eigenvalue weighted by molar-refractivity contribution is 7.89. The molecule has 0 bridgehead atoms. The number of hydrogen-bond donors (Lipinski definition) is 1. The van der Waals surface area contributed by atoms with Crippen molar-refractivity contribution in [2.45, 2.75) is 29.3 Å². The summed E-state index contributed by atoms with van der Waals surface area (Å²) in [6.07, 6.45) is 8.87. The van der Waals surface area contributed by atoms with Crippen LogP contribution in [0.3, 0.4) is 0 Å². The van der Waals surface area contributed by atoms with Crippen molar-refractivity contribution in [2.75, 3.05) is 13.1 Å². The molecule has 1 saturated carbocycles. The Morgan fingerprint density at radius 3 is 2.00 bits per heavy atom. The summed E-state index contributed by atoms with van der Waals surface area (Å²) < 4.78 is 28.2. The van der Waals surface area contributed by atoms with Crippen LogP contribution in [0.5, 0.6) is 0 Å². The van der Waals surface area contributed by atoms with Gasteiger partial charge in [-0.2, -0.15) is 9.57 Å². The number of amides is 1. The van der Waals surface area contributed by atoms with Crippen molar-refractivity contribution in [1.29, 1.82) is 5.26 Å². The maximum absolute atomic E-state index is 14.8. The van der Waals surface area contributed by atoms with Gasteiger partial charge in [0.1, 0.15) is 11.4 Å². The van der Waals surface area contributed by atoms with Crippen LogP contribution in [0.15, 0.2) is 120 Å². The van der Waals surface area contributed by atoms with Gasteiger partial charge in [0.05, 0.1) is 16.5 Å². The van der Waals surface area contributed by atoms with Gasteiger partial charge in [0.2, 0.25) is 10.0 Å². The molecule has 3 fully saturated rings. The number of benzene rings is 2. The summed E-state index contributed by atoms with van der Waals surface area (Å²) in [7, 11) is -3.67. The molecule has 2 aromatic heterocycles. The van der Waals surface area contributed by atoms with Crippen molar-refractivity contribution in [2.24, 2.45) is 11.8 Å². The zero-order valence-corrected chi connectivity index (χ0v) is 25.5. The summed E-state index contributed by atoms with van der Waals surface area (Å²) in [5.41, 5.74) is 1.51. The molecule has 1 aliphatic carbocycles. The normalized spacial score (nSPS) is 22.7. The molecule has 1 N–H and O–H groups in total. The number of ketones is 1. The monoisotopic (exact) mass is 630 g/mol. The summed E-state index contributed by atoms with van der Waals surface area (Å²) in [6.45, 7) is 0.573. The van der Waals surface area contributed by atoms with E-state index < -0.39 is 15.6 Å². The second-order valence-electron chi connectivity index (χ2n) is 12.0. The summed E-state index contributed by atoms with van der Waals surface area (Å²) in [4.78, 5) is 38.6. The van der Waals surface area contributed by atoms with E-state index in [1.807, 2.05) is 24.3 Å². The van der Waals surface area contributed by atoms with Crippen LogP contribution in [-0.2, 0) is 27.7 Å². The van der Waals surface area contributed by atoms with Crippen molar-refractivity contribution < 1.29 is 18.0 Å². The average Bonchev–Trinajstić information content (AvgIpc) is 3.41. The van der Waals surface area contributed by atoms with E-state index in [0.717, 1.165) is 11.1 Å². The Hall–Kier alpha value is -5.18. The van der Waals surface area contributed by atoms with E-state index in [2.05, 4.69) is 21.4 Å². The Labute approximate surface area is 267 Å². The number of nitriles is 1. The SMILES string of the molecule is N#Cc1ccc(C(=O)C=C2NC(Cc3ccncc3)(Cc3ccncc3)C(=O)N2C2C3CN(S(=O)(=O)c4ccccc4)CC32)cc1. The molecular weight excluding hydrogens is 600 g/mol. The molecule has 46 heavy (non-hydrogen) atoms. The summed E-state index contributed by atoms with van der Waals surface area (Å²) in [6, 6.07) is 24.0. The number of fused-ring (bicyclic) bond motifs is 1. The van der Waals surface area contributed by atoms with Crippen LogP contribution in [0.4, 0.5) is 0 Å². The Morgan fingerprint density at radius 2 is 1.46 bits per heavy atom. The van der Waals surface area contributed by atoms with Crippen LogP contribution in [-0.4, -0.2) is 64.0 Å². The topological polar surface area (TPSA) is 136 Å². The molecule has 2 atom stereocenters. The van der Waals surface area contributed by atoms with E-state index in [0.29, 0.717) is 29.8 Å². The molecule has 3 aliphatic rings. The fraction of sp³-hybridized carbons (Fsp3) is 0.229. The lowest BCUT2D eigenvalue weighted by Crippen LogP contribution is -2.51. The molecule has 0 radical (unpaired) electrons. The third-order valence-corrected chi connectivity index (χ3v) is 11.0. The number of nitrogens with one attached hydrogen (secondary N) is 1. The Bertz CT molecular complexity index is 1910. The summed E-state index contributed by atoms with van der Waals surface area (Å²) in [5, 5.41) is 12.7. The molecule has 10 nitrogen and oxygen atoms in total. The highest BCUT2D eigenvalue weighted by Gasteiger charge is 2.65. The van der Waals surface area contributed by atoms with E-state index in [1.165, 1.54) is 10.4 Å². The molecule has 0 spiro atoms. The van der Waals surface area contributed by atoms with Gasteiger partial charge in [-0.15, -0.1) is 0 Å². The van der Waals surface area contributed by atoms with E-state index >= 15 is 0 Å². The van der Waals surface area contributed by atoms with E-state index in [4.69, 9.17) is 0 Å². The molecule has 11 heteroatoms. The highest BCUT2D eigenvalue weighted by atomic mass is 32.2. The third kappa shape index (κ3) is 5.36. The van der Waals surface area contributed by atoms with Crippen LogP contribution < -0.4 is 5.32 Å². The van der Waals surface area contributed by atoms with Gasteiger partial charge >= 0.3 is 0 Å². The average molecular weight is 631 g/mol. The predicted octanol–water partition coefficient (Wildman–Crippen LogP) is 3.35. The van der Waals surface area contributed by atoms with Crippen molar-refractivity contribution in [3.05, 3.63) is 138 Å². The number of aromatic nitrogens is 2. The maximum atomic E-state index is 14.8. The van der Waals surface area contributed by atoms with E-state index in [9.17, 15) is 23.3 Å². The second kappa shape index (κ2) is 11.6.